The number of hydrogen-bond donors (Lipinski definition) is 1. The maximum absolute atomic E-state index is 12.0. The number of thioether (sulfide) groups is 1. The summed E-state index contributed by atoms with van der Waals surface area (Å²) in [6.07, 6.45) is 3.64. The SMILES string of the molecule is CCn1ccnc1SCC(=O)Nc1ccccc1OC. The molecule has 0 aliphatic heterocycles. The van der Waals surface area contributed by atoms with Crippen molar-refractivity contribution >= 4 is 23.4 Å². The molecular formula is C14H17N3O2S. The maximum atomic E-state index is 12.0. The Morgan fingerprint density at radius 3 is 3.00 bits per heavy atom. The van der Waals surface area contributed by atoms with Crippen LogP contribution < -0.4 is 10.1 Å². The van der Waals surface area contributed by atoms with Gasteiger partial charge in [-0.3, -0.25) is 4.79 Å². The summed E-state index contributed by atoms with van der Waals surface area (Å²) in [6.45, 7) is 2.89. The third kappa shape index (κ3) is 3.54. The highest BCUT2D eigenvalue weighted by atomic mass is 32.2. The predicted octanol–water partition coefficient (Wildman–Crippen LogP) is 2.64. The van der Waals surface area contributed by atoms with Crippen molar-refractivity contribution in [1.29, 1.82) is 0 Å². The molecule has 1 heterocycles. The van der Waals surface area contributed by atoms with Crippen LogP contribution in [0, 0.1) is 0 Å². The van der Waals surface area contributed by atoms with Crippen molar-refractivity contribution < 1.29 is 9.53 Å². The average Bonchev–Trinajstić information content (AvgIpc) is 2.93. The zero-order chi connectivity index (χ0) is 14.4. The second kappa shape index (κ2) is 7.00. The lowest BCUT2D eigenvalue weighted by molar-refractivity contribution is -0.113. The summed E-state index contributed by atoms with van der Waals surface area (Å²) < 4.78 is 7.20. The van der Waals surface area contributed by atoms with Crippen molar-refractivity contribution in [2.45, 2.75) is 18.6 Å². The van der Waals surface area contributed by atoms with E-state index in [0.717, 1.165) is 11.7 Å². The van der Waals surface area contributed by atoms with Crippen molar-refractivity contribution in [2.75, 3.05) is 18.2 Å². The minimum absolute atomic E-state index is 0.0786. The van der Waals surface area contributed by atoms with Gasteiger partial charge in [0, 0.05) is 18.9 Å². The third-order valence-corrected chi connectivity index (χ3v) is 3.74. The Kier molecular flexibility index (Phi) is 5.06. The van der Waals surface area contributed by atoms with Crippen molar-refractivity contribution in [3.63, 3.8) is 0 Å². The van der Waals surface area contributed by atoms with Gasteiger partial charge < -0.3 is 14.6 Å². The van der Waals surface area contributed by atoms with Crippen LogP contribution in [-0.2, 0) is 11.3 Å². The van der Waals surface area contributed by atoms with Crippen molar-refractivity contribution in [2.24, 2.45) is 0 Å². The molecular weight excluding hydrogens is 274 g/mol. The standard InChI is InChI=1S/C14H17N3O2S/c1-3-17-9-8-15-14(17)20-10-13(18)16-11-6-4-5-7-12(11)19-2/h4-9H,3,10H2,1-2H3,(H,16,18). The van der Waals surface area contributed by atoms with Gasteiger partial charge in [-0.2, -0.15) is 0 Å². The number of methoxy groups -OCH3 is 1. The number of ether oxygens (including phenoxy) is 1. The number of rotatable bonds is 6. The van der Waals surface area contributed by atoms with Crippen LogP contribution in [0.2, 0.25) is 0 Å². The Morgan fingerprint density at radius 2 is 2.25 bits per heavy atom. The second-order valence-corrected chi connectivity index (χ2v) is 4.98. The number of benzene rings is 1. The number of hydrogen-bond acceptors (Lipinski definition) is 4. The molecule has 0 unspecified atom stereocenters. The van der Waals surface area contributed by atoms with Crippen LogP contribution in [0.15, 0.2) is 41.8 Å². The minimum Gasteiger partial charge on any atom is -0.495 e. The highest BCUT2D eigenvalue weighted by Gasteiger charge is 2.09. The monoisotopic (exact) mass is 291 g/mol. The van der Waals surface area contributed by atoms with E-state index in [1.165, 1.54) is 11.8 Å². The summed E-state index contributed by atoms with van der Waals surface area (Å²) in [7, 11) is 1.58. The molecule has 1 N–H and O–H groups in total. The molecule has 1 amide bonds. The Morgan fingerprint density at radius 1 is 1.45 bits per heavy atom. The van der Waals surface area contributed by atoms with Crippen LogP contribution in [0.3, 0.4) is 0 Å². The molecule has 2 aromatic rings. The summed E-state index contributed by atoms with van der Waals surface area (Å²) in [5.41, 5.74) is 0.680. The number of aromatic nitrogens is 2. The van der Waals surface area contributed by atoms with E-state index < -0.39 is 0 Å². The molecule has 0 aliphatic carbocycles. The van der Waals surface area contributed by atoms with Gasteiger partial charge >= 0.3 is 0 Å². The van der Waals surface area contributed by atoms with E-state index in [4.69, 9.17) is 4.74 Å². The molecule has 106 valence electrons. The average molecular weight is 291 g/mol. The normalized spacial score (nSPS) is 10.3. The van der Waals surface area contributed by atoms with E-state index in [2.05, 4.69) is 10.3 Å². The second-order valence-electron chi connectivity index (χ2n) is 4.03. The summed E-state index contributed by atoms with van der Waals surface area (Å²) in [5.74, 6) is 0.890. The molecule has 0 saturated heterocycles. The van der Waals surface area contributed by atoms with E-state index in [-0.39, 0.29) is 5.91 Å². The zero-order valence-electron chi connectivity index (χ0n) is 11.5. The number of carbonyl (C=O) groups excluding carboxylic acids is 1. The summed E-state index contributed by atoms with van der Waals surface area (Å²) in [6, 6.07) is 7.34. The van der Waals surface area contributed by atoms with Crippen LogP contribution in [-0.4, -0.2) is 28.3 Å². The fourth-order valence-electron chi connectivity index (χ4n) is 1.74. The van der Waals surface area contributed by atoms with Gasteiger partial charge in [-0.25, -0.2) is 4.98 Å². The Bertz CT molecular complexity index is 583. The lowest BCUT2D eigenvalue weighted by Crippen LogP contribution is -2.15. The van der Waals surface area contributed by atoms with E-state index >= 15 is 0 Å². The lowest BCUT2D eigenvalue weighted by atomic mass is 10.3. The number of carbonyl (C=O) groups is 1. The number of aryl methyl sites for hydroxylation is 1. The minimum atomic E-state index is -0.0786. The molecule has 1 aromatic heterocycles. The van der Waals surface area contributed by atoms with Crippen LogP contribution in [0.5, 0.6) is 5.75 Å². The van der Waals surface area contributed by atoms with E-state index in [9.17, 15) is 4.79 Å². The van der Waals surface area contributed by atoms with Gasteiger partial charge in [0.2, 0.25) is 5.91 Å². The zero-order valence-corrected chi connectivity index (χ0v) is 12.3. The van der Waals surface area contributed by atoms with Crippen molar-refractivity contribution in [1.82, 2.24) is 9.55 Å². The molecule has 2 rings (SSSR count). The topological polar surface area (TPSA) is 56.2 Å². The maximum Gasteiger partial charge on any atom is 0.234 e. The number of nitrogens with zero attached hydrogens (tertiary/aromatic N) is 2. The number of imidazole rings is 1. The summed E-state index contributed by atoms with van der Waals surface area (Å²) in [5, 5.41) is 3.69. The molecule has 1 aromatic carbocycles. The third-order valence-electron chi connectivity index (χ3n) is 2.73. The fourth-order valence-corrected chi connectivity index (χ4v) is 2.56. The molecule has 0 bridgehead atoms. The number of anilines is 1. The Balaban J connectivity index is 1.93. The first-order valence-corrected chi connectivity index (χ1v) is 7.30. The number of para-hydroxylation sites is 2. The molecule has 0 radical (unpaired) electrons. The highest BCUT2D eigenvalue weighted by molar-refractivity contribution is 7.99. The Labute approximate surface area is 122 Å². The van der Waals surface area contributed by atoms with E-state index in [0.29, 0.717) is 17.2 Å². The van der Waals surface area contributed by atoms with E-state index in [1.54, 1.807) is 13.3 Å². The van der Waals surface area contributed by atoms with Gasteiger partial charge in [0.05, 0.1) is 18.6 Å². The molecule has 0 atom stereocenters. The largest absolute Gasteiger partial charge is 0.495 e. The first-order valence-electron chi connectivity index (χ1n) is 6.31. The number of amides is 1. The van der Waals surface area contributed by atoms with Gasteiger partial charge in [-0.1, -0.05) is 23.9 Å². The molecule has 0 saturated carbocycles. The molecule has 0 spiro atoms. The molecule has 6 heteroatoms. The highest BCUT2D eigenvalue weighted by Crippen LogP contribution is 2.23. The van der Waals surface area contributed by atoms with Crippen molar-refractivity contribution in [3.8, 4) is 5.75 Å². The number of nitrogens with one attached hydrogen (secondary N) is 1. The van der Waals surface area contributed by atoms with Crippen LogP contribution in [0.4, 0.5) is 5.69 Å². The molecule has 20 heavy (non-hydrogen) atoms. The lowest BCUT2D eigenvalue weighted by Gasteiger charge is -2.09. The summed E-state index contributed by atoms with van der Waals surface area (Å²) in [4.78, 5) is 16.2. The first kappa shape index (κ1) is 14.5. The molecule has 5 nitrogen and oxygen atoms in total. The van der Waals surface area contributed by atoms with Gasteiger partial charge in [0.15, 0.2) is 5.16 Å². The quantitative estimate of drug-likeness (QED) is 0.831. The van der Waals surface area contributed by atoms with Gasteiger partial charge in [0.25, 0.3) is 0 Å². The summed E-state index contributed by atoms with van der Waals surface area (Å²) >= 11 is 1.42. The van der Waals surface area contributed by atoms with Gasteiger partial charge in [-0.05, 0) is 19.1 Å². The predicted molar refractivity (Wildman–Crippen MR) is 80.2 cm³/mol. The van der Waals surface area contributed by atoms with Gasteiger partial charge in [-0.15, -0.1) is 0 Å². The van der Waals surface area contributed by atoms with Crippen LogP contribution >= 0.6 is 11.8 Å². The molecule has 0 aliphatic rings. The smallest absolute Gasteiger partial charge is 0.234 e. The van der Waals surface area contributed by atoms with E-state index in [1.807, 2.05) is 42.0 Å². The van der Waals surface area contributed by atoms with Gasteiger partial charge in [0.1, 0.15) is 5.75 Å². The first-order chi connectivity index (χ1) is 9.74. The fraction of sp³-hybridized carbons (Fsp3) is 0.286. The van der Waals surface area contributed by atoms with Crippen LogP contribution in [0.25, 0.3) is 0 Å². The molecule has 0 fully saturated rings. The van der Waals surface area contributed by atoms with Crippen molar-refractivity contribution in [3.05, 3.63) is 36.7 Å². The Hall–Kier alpha value is -1.95. The van der Waals surface area contributed by atoms with Crippen LogP contribution in [0.1, 0.15) is 6.92 Å².